The van der Waals surface area contributed by atoms with Gasteiger partial charge in [0.05, 0.1) is 73.1 Å². The Morgan fingerprint density at radius 1 is 0.957 bits per heavy atom. The number of nitrogens with zero attached hydrogens (tertiary/aromatic N) is 4. The molecule has 370 valence electrons. The fourth-order valence-corrected chi connectivity index (χ4v) is 9.89. The maximum atomic E-state index is 13.2. The van der Waals surface area contributed by atoms with Crippen molar-refractivity contribution in [1.29, 1.82) is 0 Å². The number of anilines is 2. The van der Waals surface area contributed by atoms with Gasteiger partial charge in [0.25, 0.3) is 11.8 Å². The first-order chi connectivity index (χ1) is 33.3. The molecule has 7 rings (SSSR count). The van der Waals surface area contributed by atoms with Gasteiger partial charge in [0.15, 0.2) is 10.9 Å². The first-order valence-corrected chi connectivity index (χ1v) is 25.4. The van der Waals surface area contributed by atoms with Gasteiger partial charge >= 0.3 is 0 Å². The Bertz CT molecular complexity index is 2420. The van der Waals surface area contributed by atoms with E-state index >= 15 is 0 Å². The lowest BCUT2D eigenvalue weighted by Crippen LogP contribution is -2.54. The fourth-order valence-electron chi connectivity index (χ4n) is 8.08. The third kappa shape index (κ3) is 15.0. The molecule has 4 heterocycles. The molecule has 3 atom stereocenters. The zero-order valence-electron chi connectivity index (χ0n) is 39.8. The van der Waals surface area contributed by atoms with Crippen molar-refractivity contribution in [3.63, 3.8) is 0 Å². The standard InChI is InChI=1S/C50H63N7O10S2/c1-50(2,3)41-30-52-43(67-41)32-68-44-31-53-49(69-44)54-34-8-5-10-37(29-34)66-36-15-13-33(14-16-36)28-35(58)9-7-20-56(4)21-23-64-25-27-65-26-24-63-22-19-51-39-12-6-11-38-45(39)48(62)57(47(38)61)40-17-18-42(59)55-46(40)60/h6-7,9,11-16,30-31,34,37,40,51H,5,8,10,17-29,32H2,1-4H3,(H,53,54)(H,55,59,60)/b9-7+/t34-,37?,40?/m1/s1. The van der Waals surface area contributed by atoms with Gasteiger partial charge in [-0.1, -0.05) is 56.4 Å². The summed E-state index contributed by atoms with van der Waals surface area (Å²) in [5.74, 6) is 0.955. The molecule has 1 saturated carbocycles. The molecule has 2 aliphatic heterocycles. The van der Waals surface area contributed by atoms with Crippen LogP contribution in [0.4, 0.5) is 10.8 Å². The number of hydrogen-bond donors (Lipinski definition) is 3. The summed E-state index contributed by atoms with van der Waals surface area (Å²) in [7, 11) is 1.97. The summed E-state index contributed by atoms with van der Waals surface area (Å²) in [6, 6.07) is 12.0. The summed E-state index contributed by atoms with van der Waals surface area (Å²) >= 11 is 3.33. The van der Waals surface area contributed by atoms with Crippen LogP contribution in [-0.2, 0) is 46.2 Å². The molecule has 3 N–H and O–H groups in total. The molecule has 69 heavy (non-hydrogen) atoms. The number of allylic oxidation sites excluding steroid dienone is 1. The second-order valence-electron chi connectivity index (χ2n) is 18.3. The molecule has 3 aliphatic rings. The van der Waals surface area contributed by atoms with E-state index in [2.05, 4.69) is 51.6 Å². The summed E-state index contributed by atoms with van der Waals surface area (Å²) in [5, 5.41) is 9.90. The smallest absolute Gasteiger partial charge is 0.264 e. The van der Waals surface area contributed by atoms with Crippen LogP contribution >= 0.6 is 23.1 Å². The van der Waals surface area contributed by atoms with E-state index in [4.69, 9.17) is 23.4 Å². The van der Waals surface area contributed by atoms with Crippen LogP contribution in [0.3, 0.4) is 0 Å². The average molecular weight is 986 g/mol. The largest absolute Gasteiger partial charge is 0.490 e. The van der Waals surface area contributed by atoms with Crippen LogP contribution in [0.1, 0.15) is 97.2 Å². The van der Waals surface area contributed by atoms with Crippen molar-refractivity contribution in [1.82, 2.24) is 25.1 Å². The number of thiazole rings is 1. The number of thioether (sulfide) groups is 1. The number of rotatable bonds is 26. The molecule has 0 bridgehead atoms. The minimum atomic E-state index is -1.02. The number of piperidine rings is 1. The monoisotopic (exact) mass is 985 g/mol. The maximum Gasteiger partial charge on any atom is 0.264 e. The Labute approximate surface area is 411 Å². The van der Waals surface area contributed by atoms with Gasteiger partial charge in [-0.15, -0.1) is 11.8 Å². The molecular weight excluding hydrogens is 923 g/mol. The quantitative estimate of drug-likeness (QED) is 0.0260. The molecule has 2 unspecified atom stereocenters. The zero-order chi connectivity index (χ0) is 48.8. The third-order valence-corrected chi connectivity index (χ3v) is 13.9. The number of benzene rings is 2. The number of ether oxygens (including phenoxy) is 4. The second kappa shape index (κ2) is 24.9. The van der Waals surface area contributed by atoms with Gasteiger partial charge < -0.3 is 38.9 Å². The van der Waals surface area contributed by atoms with Crippen LogP contribution in [0, 0.1) is 0 Å². The van der Waals surface area contributed by atoms with Crippen LogP contribution < -0.4 is 20.7 Å². The van der Waals surface area contributed by atoms with Gasteiger partial charge in [-0.05, 0) is 68.6 Å². The van der Waals surface area contributed by atoms with E-state index in [0.717, 1.165) is 62.9 Å². The highest BCUT2D eigenvalue weighted by atomic mass is 32.2. The Hall–Kier alpha value is -5.44. The minimum absolute atomic E-state index is 0.0385. The molecule has 2 aromatic heterocycles. The Morgan fingerprint density at radius 3 is 2.48 bits per heavy atom. The van der Waals surface area contributed by atoms with Crippen molar-refractivity contribution in [2.75, 3.05) is 77.0 Å². The van der Waals surface area contributed by atoms with E-state index in [1.54, 1.807) is 47.4 Å². The van der Waals surface area contributed by atoms with E-state index in [-0.39, 0.29) is 47.3 Å². The molecule has 2 fully saturated rings. The van der Waals surface area contributed by atoms with Crippen molar-refractivity contribution in [2.45, 2.75) is 99.3 Å². The van der Waals surface area contributed by atoms with E-state index in [0.29, 0.717) is 77.1 Å². The number of fused-ring (bicyclic) bond motifs is 1. The van der Waals surface area contributed by atoms with Crippen molar-refractivity contribution in [3.05, 3.63) is 95.4 Å². The van der Waals surface area contributed by atoms with Crippen LogP contribution in [0.5, 0.6) is 5.75 Å². The van der Waals surface area contributed by atoms with E-state index in [1.165, 1.54) is 0 Å². The molecular formula is C50H63N7O10S2. The Balaban J connectivity index is 0.689. The average Bonchev–Trinajstić information content (AvgIpc) is 4.05. The number of likely N-dealkylation sites (N-methyl/N-ethyl adjacent to an activating group) is 1. The summed E-state index contributed by atoms with van der Waals surface area (Å²) in [4.78, 5) is 75.0. The zero-order valence-corrected chi connectivity index (χ0v) is 41.4. The molecule has 19 heteroatoms. The molecule has 17 nitrogen and oxygen atoms in total. The minimum Gasteiger partial charge on any atom is -0.490 e. The summed E-state index contributed by atoms with van der Waals surface area (Å²) in [6.45, 7) is 10.5. The highest BCUT2D eigenvalue weighted by molar-refractivity contribution is 8.00. The number of nitrogens with one attached hydrogen (secondary N) is 3. The van der Waals surface area contributed by atoms with E-state index < -0.39 is 29.7 Å². The summed E-state index contributed by atoms with van der Waals surface area (Å²) < 4.78 is 30.4. The number of hydrogen-bond acceptors (Lipinski definition) is 17. The molecule has 4 aromatic rings. The number of oxazole rings is 1. The molecule has 0 spiro atoms. The number of carbonyl (C=O) groups is 5. The number of amides is 4. The van der Waals surface area contributed by atoms with Gasteiger partial charge in [0.1, 0.15) is 23.7 Å². The lowest BCUT2D eigenvalue weighted by Gasteiger charge is -2.30. The van der Waals surface area contributed by atoms with Gasteiger partial charge in [0.2, 0.25) is 17.7 Å². The van der Waals surface area contributed by atoms with Crippen molar-refractivity contribution in [3.8, 4) is 5.75 Å². The van der Waals surface area contributed by atoms with Gasteiger partial charge in [-0.3, -0.25) is 34.2 Å². The number of ketones is 1. The molecule has 4 amide bonds. The highest BCUT2D eigenvalue weighted by Crippen LogP contribution is 2.35. The van der Waals surface area contributed by atoms with E-state index in [1.807, 2.05) is 49.8 Å². The Morgan fingerprint density at radius 2 is 1.72 bits per heavy atom. The molecule has 0 radical (unpaired) electrons. The lowest BCUT2D eigenvalue weighted by atomic mass is 9.93. The molecule has 1 aliphatic carbocycles. The first-order valence-electron chi connectivity index (χ1n) is 23.6. The topological polar surface area (TPSA) is 204 Å². The number of carbonyl (C=O) groups excluding carboxylic acids is 5. The van der Waals surface area contributed by atoms with Gasteiger partial charge in [-0.25, -0.2) is 9.97 Å². The van der Waals surface area contributed by atoms with Gasteiger partial charge in [-0.2, -0.15) is 0 Å². The number of aromatic nitrogens is 2. The van der Waals surface area contributed by atoms with Crippen LogP contribution in [-0.4, -0.2) is 134 Å². The van der Waals surface area contributed by atoms with Crippen molar-refractivity contribution in [2.24, 2.45) is 0 Å². The lowest BCUT2D eigenvalue weighted by molar-refractivity contribution is -0.136. The third-order valence-electron chi connectivity index (χ3n) is 11.8. The van der Waals surface area contributed by atoms with Gasteiger partial charge in [0, 0.05) is 56.0 Å². The second-order valence-corrected chi connectivity index (χ2v) is 20.6. The van der Waals surface area contributed by atoms with Crippen LogP contribution in [0.2, 0.25) is 0 Å². The first kappa shape index (κ1) is 51.4. The SMILES string of the molecule is CN(C/C=C/C(=O)Cc1ccc(OC2CCC[C@@H](Nc3ncc(SCc4ncc(C(C)(C)C)o4)s3)C2)cc1)CCOCCOCCOCCNc1cccc2c1C(=O)N(C1CCC(=O)NC1=O)C2=O. The fraction of sp³-hybridized carbons (Fsp3) is 0.500. The van der Waals surface area contributed by atoms with Crippen LogP contribution in [0.15, 0.2) is 75.6 Å². The molecule has 1 saturated heterocycles. The van der Waals surface area contributed by atoms with Crippen molar-refractivity contribution >= 4 is 63.3 Å². The number of imide groups is 2. The predicted octanol–water partition coefficient (Wildman–Crippen LogP) is 6.69. The summed E-state index contributed by atoms with van der Waals surface area (Å²) in [5.41, 5.74) is 1.78. The molecule has 2 aromatic carbocycles. The predicted molar refractivity (Wildman–Crippen MR) is 263 cm³/mol. The van der Waals surface area contributed by atoms with Crippen LogP contribution in [0.25, 0.3) is 0 Å². The highest BCUT2D eigenvalue weighted by Gasteiger charge is 2.45. The summed E-state index contributed by atoms with van der Waals surface area (Å²) in [6.07, 6.45) is 11.9. The maximum absolute atomic E-state index is 13.2. The normalized spacial score (nSPS) is 18.6. The Kier molecular flexibility index (Phi) is 18.6. The van der Waals surface area contributed by atoms with E-state index in [9.17, 15) is 24.0 Å². The van der Waals surface area contributed by atoms with Crippen molar-refractivity contribution < 1.29 is 47.3 Å².